The fraction of sp³-hybridized carbons (Fsp3) is 0.0588. The van der Waals surface area contributed by atoms with Crippen LogP contribution in [0.2, 0.25) is 5.02 Å². The van der Waals surface area contributed by atoms with Gasteiger partial charge in [-0.3, -0.25) is 0 Å². The number of fused-ring (bicyclic) bond motifs is 2. The van der Waals surface area contributed by atoms with Crippen molar-refractivity contribution in [2.24, 2.45) is 0 Å². The first-order chi connectivity index (χ1) is 12.8. The van der Waals surface area contributed by atoms with E-state index in [1.54, 1.807) is 27.6 Å². The van der Waals surface area contributed by atoms with Gasteiger partial charge in [0.1, 0.15) is 5.01 Å². The van der Waals surface area contributed by atoms with Crippen LogP contribution < -0.4 is 0 Å². The second kappa shape index (κ2) is 6.62. The van der Waals surface area contributed by atoms with Crippen molar-refractivity contribution < 1.29 is 0 Å². The molecular formula is C17H10ClN5S3. The van der Waals surface area contributed by atoms with Gasteiger partial charge in [-0.25, -0.2) is 4.98 Å². The molecule has 0 saturated carbocycles. The smallest absolute Gasteiger partial charge is 0.230 e. The van der Waals surface area contributed by atoms with E-state index in [2.05, 4.69) is 26.3 Å². The Morgan fingerprint density at radius 2 is 1.85 bits per heavy atom. The third kappa shape index (κ3) is 2.88. The van der Waals surface area contributed by atoms with E-state index in [1.165, 1.54) is 16.0 Å². The van der Waals surface area contributed by atoms with Crippen molar-refractivity contribution in [1.29, 1.82) is 0 Å². The van der Waals surface area contributed by atoms with Crippen LogP contribution in [0.4, 0.5) is 0 Å². The Morgan fingerprint density at radius 1 is 1.00 bits per heavy atom. The molecule has 5 nitrogen and oxygen atoms in total. The third-order valence-corrected chi connectivity index (χ3v) is 7.20. The summed E-state index contributed by atoms with van der Waals surface area (Å²) in [6.45, 7) is 0. The van der Waals surface area contributed by atoms with Crippen LogP contribution in [-0.4, -0.2) is 24.8 Å². The molecule has 3 aromatic heterocycles. The van der Waals surface area contributed by atoms with Gasteiger partial charge in [0.2, 0.25) is 4.96 Å². The molecule has 0 radical (unpaired) electrons. The van der Waals surface area contributed by atoms with Crippen LogP contribution in [0.25, 0.3) is 25.7 Å². The van der Waals surface area contributed by atoms with E-state index >= 15 is 0 Å². The van der Waals surface area contributed by atoms with Gasteiger partial charge < -0.3 is 0 Å². The van der Waals surface area contributed by atoms with Crippen molar-refractivity contribution in [1.82, 2.24) is 24.8 Å². The Balaban J connectivity index is 1.43. The minimum absolute atomic E-state index is 0.659. The van der Waals surface area contributed by atoms with Gasteiger partial charge in [-0.1, -0.05) is 65.0 Å². The molecule has 26 heavy (non-hydrogen) atoms. The fourth-order valence-corrected chi connectivity index (χ4v) is 5.68. The molecule has 0 saturated heterocycles. The summed E-state index contributed by atoms with van der Waals surface area (Å²) in [4.78, 5) is 5.41. The first kappa shape index (κ1) is 16.2. The average molecular weight is 416 g/mol. The molecule has 0 amide bonds. The maximum absolute atomic E-state index is 6.28. The molecular weight excluding hydrogens is 406 g/mol. The second-order valence-corrected chi connectivity index (χ2v) is 9.05. The minimum atomic E-state index is 0.659. The SMILES string of the molecule is Clc1ccccc1-c1nn2c(CSc3nc4ccccc4s3)nnc2s1. The van der Waals surface area contributed by atoms with Crippen molar-refractivity contribution in [3.05, 3.63) is 59.4 Å². The fourth-order valence-electron chi connectivity index (χ4n) is 2.53. The number of rotatable bonds is 4. The number of para-hydroxylation sites is 1. The van der Waals surface area contributed by atoms with Crippen molar-refractivity contribution in [3.8, 4) is 10.6 Å². The Hall–Kier alpha value is -2.00. The lowest BCUT2D eigenvalue weighted by molar-refractivity contribution is 0.887. The zero-order valence-corrected chi connectivity index (χ0v) is 16.4. The highest BCUT2D eigenvalue weighted by molar-refractivity contribution is 8.00. The summed E-state index contributed by atoms with van der Waals surface area (Å²) in [5.41, 5.74) is 1.94. The number of halogens is 1. The predicted octanol–water partition coefficient (Wildman–Crippen LogP) is 5.41. The van der Waals surface area contributed by atoms with Gasteiger partial charge in [0.15, 0.2) is 10.2 Å². The van der Waals surface area contributed by atoms with Gasteiger partial charge in [0.25, 0.3) is 0 Å². The second-order valence-electron chi connectivity index (χ2n) is 5.43. The zero-order valence-electron chi connectivity index (χ0n) is 13.2. The number of thiazole rings is 1. The van der Waals surface area contributed by atoms with Crippen LogP contribution in [-0.2, 0) is 5.75 Å². The van der Waals surface area contributed by atoms with Crippen LogP contribution in [0.3, 0.4) is 0 Å². The van der Waals surface area contributed by atoms with E-state index in [-0.39, 0.29) is 0 Å². The Kier molecular flexibility index (Phi) is 4.12. The van der Waals surface area contributed by atoms with Crippen LogP contribution in [0.1, 0.15) is 5.82 Å². The first-order valence-electron chi connectivity index (χ1n) is 7.72. The van der Waals surface area contributed by atoms with Crippen molar-refractivity contribution in [2.75, 3.05) is 0 Å². The summed E-state index contributed by atoms with van der Waals surface area (Å²) in [5.74, 6) is 1.46. The van der Waals surface area contributed by atoms with Crippen molar-refractivity contribution in [3.63, 3.8) is 0 Å². The molecule has 0 aliphatic heterocycles. The van der Waals surface area contributed by atoms with E-state index in [9.17, 15) is 0 Å². The van der Waals surface area contributed by atoms with E-state index in [0.717, 1.165) is 31.2 Å². The standard InChI is InChI=1S/C17H10ClN5S3/c18-11-6-2-1-5-10(11)15-22-23-14(20-21-16(23)26-15)9-24-17-19-12-7-3-4-8-13(12)25-17/h1-8H,9H2. The molecule has 0 aliphatic carbocycles. The molecule has 3 heterocycles. The topological polar surface area (TPSA) is 56.0 Å². The van der Waals surface area contributed by atoms with Crippen LogP contribution in [0.5, 0.6) is 0 Å². The molecule has 5 rings (SSSR count). The van der Waals surface area contributed by atoms with Gasteiger partial charge in [0.05, 0.1) is 21.0 Å². The van der Waals surface area contributed by atoms with Gasteiger partial charge >= 0.3 is 0 Å². The van der Waals surface area contributed by atoms with Gasteiger partial charge in [0, 0.05) is 5.56 Å². The predicted molar refractivity (Wildman–Crippen MR) is 108 cm³/mol. The average Bonchev–Trinajstić information content (AvgIpc) is 3.34. The first-order valence-corrected chi connectivity index (χ1v) is 10.7. The maximum Gasteiger partial charge on any atom is 0.235 e. The molecule has 0 aliphatic rings. The molecule has 2 aromatic carbocycles. The third-order valence-electron chi connectivity index (χ3n) is 3.76. The molecule has 0 bridgehead atoms. The van der Waals surface area contributed by atoms with Gasteiger partial charge in [-0.15, -0.1) is 21.5 Å². The number of aromatic nitrogens is 5. The van der Waals surface area contributed by atoms with Crippen molar-refractivity contribution >= 4 is 61.2 Å². The maximum atomic E-state index is 6.28. The summed E-state index contributed by atoms with van der Waals surface area (Å²) in [5, 5.41) is 14.7. The lowest BCUT2D eigenvalue weighted by Crippen LogP contribution is -1.94. The monoisotopic (exact) mass is 415 g/mol. The lowest BCUT2D eigenvalue weighted by atomic mass is 10.2. The summed E-state index contributed by atoms with van der Waals surface area (Å²) < 4.78 is 4.00. The van der Waals surface area contributed by atoms with E-state index < -0.39 is 0 Å². The van der Waals surface area contributed by atoms with Gasteiger partial charge in [-0.05, 0) is 18.2 Å². The molecule has 9 heteroatoms. The quantitative estimate of drug-likeness (QED) is 0.367. The number of hydrogen-bond donors (Lipinski definition) is 0. The number of hydrogen-bond acceptors (Lipinski definition) is 7. The zero-order chi connectivity index (χ0) is 17.5. The van der Waals surface area contributed by atoms with Crippen molar-refractivity contribution in [2.45, 2.75) is 10.1 Å². The summed E-state index contributed by atoms with van der Waals surface area (Å²) in [6.07, 6.45) is 0. The molecule has 0 spiro atoms. The van der Waals surface area contributed by atoms with E-state index in [0.29, 0.717) is 10.8 Å². The normalized spacial score (nSPS) is 11.6. The highest BCUT2D eigenvalue weighted by Gasteiger charge is 2.15. The Bertz CT molecular complexity index is 1190. The van der Waals surface area contributed by atoms with Crippen LogP contribution in [0.15, 0.2) is 52.9 Å². The van der Waals surface area contributed by atoms with E-state index in [4.69, 9.17) is 11.6 Å². The van der Waals surface area contributed by atoms with Gasteiger partial charge in [-0.2, -0.15) is 9.61 Å². The highest BCUT2D eigenvalue weighted by Crippen LogP contribution is 2.33. The molecule has 5 aromatic rings. The van der Waals surface area contributed by atoms with Crippen LogP contribution >= 0.6 is 46.0 Å². The molecule has 128 valence electrons. The molecule has 0 atom stereocenters. The molecule has 0 N–H and O–H groups in total. The summed E-state index contributed by atoms with van der Waals surface area (Å²) in [6, 6.07) is 15.8. The number of thioether (sulfide) groups is 1. The summed E-state index contributed by atoms with van der Waals surface area (Å²) >= 11 is 11.1. The Labute approximate surface area is 165 Å². The molecule has 0 fully saturated rings. The van der Waals surface area contributed by atoms with Crippen LogP contribution in [0, 0.1) is 0 Å². The van der Waals surface area contributed by atoms with E-state index in [1.807, 2.05) is 42.5 Å². The number of benzene rings is 2. The summed E-state index contributed by atoms with van der Waals surface area (Å²) in [7, 11) is 0. The highest BCUT2D eigenvalue weighted by atomic mass is 35.5. The number of nitrogens with zero attached hydrogens (tertiary/aromatic N) is 5. The molecule has 0 unspecified atom stereocenters. The lowest BCUT2D eigenvalue weighted by Gasteiger charge is -1.98. The Morgan fingerprint density at radius 3 is 2.73 bits per heavy atom. The largest absolute Gasteiger partial charge is 0.235 e. The minimum Gasteiger partial charge on any atom is -0.230 e.